The summed E-state index contributed by atoms with van der Waals surface area (Å²) >= 11 is 0. The molecular weight excluding hydrogens is 246 g/mol. The van der Waals surface area contributed by atoms with E-state index >= 15 is 0 Å². The van der Waals surface area contributed by atoms with Crippen molar-refractivity contribution >= 4 is 23.2 Å². The Morgan fingerprint density at radius 1 is 1.63 bits per heavy atom. The lowest BCUT2D eigenvalue weighted by molar-refractivity contribution is -0.118. The van der Waals surface area contributed by atoms with Crippen LogP contribution in [0.4, 0.5) is 11.4 Å². The lowest BCUT2D eigenvalue weighted by atomic mass is 10.2. The monoisotopic (exact) mass is 259 g/mol. The quantitative estimate of drug-likeness (QED) is 0.681. The SMILES string of the molecule is C#CCC(N)C(=O)Nc1ccc2c(c1)NC(=O)CO2. The fourth-order valence-electron chi connectivity index (χ4n) is 1.62. The van der Waals surface area contributed by atoms with Crippen LogP contribution >= 0.6 is 0 Å². The van der Waals surface area contributed by atoms with Gasteiger partial charge in [0.25, 0.3) is 5.91 Å². The van der Waals surface area contributed by atoms with Gasteiger partial charge in [-0.05, 0) is 18.2 Å². The highest BCUT2D eigenvalue weighted by molar-refractivity contribution is 5.98. The summed E-state index contributed by atoms with van der Waals surface area (Å²) < 4.78 is 5.21. The molecule has 19 heavy (non-hydrogen) atoms. The Morgan fingerprint density at radius 3 is 3.16 bits per heavy atom. The third kappa shape index (κ3) is 3.03. The zero-order valence-corrected chi connectivity index (χ0v) is 10.1. The molecule has 1 aromatic carbocycles. The highest BCUT2D eigenvalue weighted by atomic mass is 16.5. The number of amides is 2. The molecule has 0 saturated heterocycles. The number of benzene rings is 1. The van der Waals surface area contributed by atoms with Gasteiger partial charge in [-0.25, -0.2) is 0 Å². The summed E-state index contributed by atoms with van der Waals surface area (Å²) in [6.07, 6.45) is 5.26. The van der Waals surface area contributed by atoms with Gasteiger partial charge in [0.15, 0.2) is 6.61 Å². The molecule has 98 valence electrons. The van der Waals surface area contributed by atoms with E-state index < -0.39 is 6.04 Å². The number of hydrogen-bond acceptors (Lipinski definition) is 4. The number of carbonyl (C=O) groups is 2. The Balaban J connectivity index is 2.10. The zero-order chi connectivity index (χ0) is 13.8. The van der Waals surface area contributed by atoms with Gasteiger partial charge in [0.05, 0.1) is 11.7 Å². The van der Waals surface area contributed by atoms with E-state index in [0.29, 0.717) is 17.1 Å². The molecule has 0 radical (unpaired) electrons. The van der Waals surface area contributed by atoms with Crippen molar-refractivity contribution in [2.45, 2.75) is 12.5 Å². The van der Waals surface area contributed by atoms with Crippen molar-refractivity contribution in [1.29, 1.82) is 0 Å². The Labute approximate surface area is 110 Å². The number of fused-ring (bicyclic) bond motifs is 1. The topological polar surface area (TPSA) is 93.5 Å². The van der Waals surface area contributed by atoms with Crippen LogP contribution in [0.15, 0.2) is 18.2 Å². The number of rotatable bonds is 3. The number of nitrogens with two attached hydrogens (primary N) is 1. The minimum atomic E-state index is -0.758. The van der Waals surface area contributed by atoms with Crippen molar-refractivity contribution in [2.75, 3.05) is 17.2 Å². The van der Waals surface area contributed by atoms with E-state index in [1.807, 2.05) is 0 Å². The summed E-state index contributed by atoms with van der Waals surface area (Å²) in [6, 6.07) is 4.17. The van der Waals surface area contributed by atoms with Gasteiger partial charge in [0, 0.05) is 12.1 Å². The van der Waals surface area contributed by atoms with Crippen molar-refractivity contribution < 1.29 is 14.3 Å². The van der Waals surface area contributed by atoms with Crippen LogP contribution < -0.4 is 21.1 Å². The van der Waals surface area contributed by atoms with E-state index in [9.17, 15) is 9.59 Å². The second-order valence-corrected chi connectivity index (χ2v) is 4.05. The Hall–Kier alpha value is -2.52. The maximum Gasteiger partial charge on any atom is 0.262 e. The first-order valence-electron chi connectivity index (χ1n) is 5.67. The minimum absolute atomic E-state index is 0.00819. The maximum absolute atomic E-state index is 11.7. The molecule has 2 amide bonds. The summed E-state index contributed by atoms with van der Waals surface area (Å²) in [5.41, 5.74) is 6.62. The largest absolute Gasteiger partial charge is 0.482 e. The molecule has 1 atom stereocenters. The third-order valence-corrected chi connectivity index (χ3v) is 2.55. The highest BCUT2D eigenvalue weighted by Gasteiger charge is 2.17. The predicted octanol–water partition coefficient (Wildman–Crippen LogP) is 0.307. The van der Waals surface area contributed by atoms with Gasteiger partial charge in [-0.2, -0.15) is 0 Å². The molecule has 1 aromatic rings. The van der Waals surface area contributed by atoms with Crippen molar-refractivity contribution in [3.8, 4) is 18.1 Å². The molecule has 0 aromatic heterocycles. The maximum atomic E-state index is 11.7. The van der Waals surface area contributed by atoms with Crippen LogP contribution in [0.1, 0.15) is 6.42 Å². The van der Waals surface area contributed by atoms with Gasteiger partial charge in [-0.1, -0.05) is 0 Å². The van der Waals surface area contributed by atoms with Crippen LogP contribution in [0.3, 0.4) is 0 Å². The van der Waals surface area contributed by atoms with Crippen LogP contribution in [-0.2, 0) is 9.59 Å². The number of hydrogen-bond donors (Lipinski definition) is 3. The molecule has 2 rings (SSSR count). The molecule has 1 heterocycles. The number of anilines is 2. The molecule has 1 aliphatic heterocycles. The van der Waals surface area contributed by atoms with E-state index in [1.54, 1.807) is 18.2 Å². The van der Waals surface area contributed by atoms with Gasteiger partial charge >= 0.3 is 0 Å². The first-order valence-corrected chi connectivity index (χ1v) is 5.67. The van der Waals surface area contributed by atoms with Gasteiger partial charge in [0.2, 0.25) is 5.91 Å². The fraction of sp³-hybridized carbons (Fsp3) is 0.231. The van der Waals surface area contributed by atoms with E-state index in [4.69, 9.17) is 16.9 Å². The normalized spacial score (nSPS) is 14.4. The molecule has 1 aliphatic rings. The Kier molecular flexibility index (Phi) is 3.68. The summed E-state index contributed by atoms with van der Waals surface area (Å²) in [4.78, 5) is 22.9. The summed E-state index contributed by atoms with van der Waals surface area (Å²) in [6.45, 7) is -0.00819. The smallest absolute Gasteiger partial charge is 0.262 e. The van der Waals surface area contributed by atoms with Crippen molar-refractivity contribution in [1.82, 2.24) is 0 Å². The van der Waals surface area contributed by atoms with Crippen LogP contribution in [0, 0.1) is 12.3 Å². The fourth-order valence-corrected chi connectivity index (χ4v) is 1.62. The molecule has 0 saturated carbocycles. The van der Waals surface area contributed by atoms with E-state index in [-0.39, 0.29) is 24.8 Å². The van der Waals surface area contributed by atoms with Gasteiger partial charge in [0.1, 0.15) is 5.75 Å². The molecule has 0 fully saturated rings. The standard InChI is InChI=1S/C13H13N3O3/c1-2-3-9(14)13(18)15-8-4-5-11-10(6-8)16-12(17)7-19-11/h1,4-6,9H,3,7,14H2,(H,15,18)(H,16,17). The lowest BCUT2D eigenvalue weighted by Gasteiger charge is -2.19. The van der Waals surface area contributed by atoms with Crippen molar-refractivity contribution in [3.05, 3.63) is 18.2 Å². The molecule has 0 spiro atoms. The lowest BCUT2D eigenvalue weighted by Crippen LogP contribution is -2.35. The van der Waals surface area contributed by atoms with E-state index in [0.717, 1.165) is 0 Å². The Bertz CT molecular complexity index is 563. The molecule has 0 aliphatic carbocycles. The van der Waals surface area contributed by atoms with E-state index in [1.165, 1.54) is 0 Å². The molecule has 1 unspecified atom stereocenters. The molecule has 0 bridgehead atoms. The average molecular weight is 259 g/mol. The molecular formula is C13H13N3O3. The first kappa shape index (κ1) is 12.9. The summed E-state index contributed by atoms with van der Waals surface area (Å²) in [5, 5.41) is 5.27. The van der Waals surface area contributed by atoms with Gasteiger partial charge in [-0.15, -0.1) is 12.3 Å². The summed E-state index contributed by atoms with van der Waals surface area (Å²) in [7, 11) is 0. The molecule has 6 heteroatoms. The second-order valence-electron chi connectivity index (χ2n) is 4.05. The minimum Gasteiger partial charge on any atom is -0.482 e. The van der Waals surface area contributed by atoms with Crippen LogP contribution in [0.2, 0.25) is 0 Å². The predicted molar refractivity (Wildman–Crippen MR) is 70.6 cm³/mol. The average Bonchev–Trinajstić information content (AvgIpc) is 2.38. The van der Waals surface area contributed by atoms with Gasteiger partial charge < -0.3 is 21.1 Å². The number of terminal acetylenes is 1. The third-order valence-electron chi connectivity index (χ3n) is 2.55. The number of nitrogens with one attached hydrogen (secondary N) is 2. The number of ether oxygens (including phenoxy) is 1. The zero-order valence-electron chi connectivity index (χ0n) is 10.1. The first-order chi connectivity index (χ1) is 9.10. The second kappa shape index (κ2) is 5.42. The van der Waals surface area contributed by atoms with Crippen LogP contribution in [0.25, 0.3) is 0 Å². The number of carbonyl (C=O) groups excluding carboxylic acids is 2. The molecule has 6 nitrogen and oxygen atoms in total. The van der Waals surface area contributed by atoms with Crippen LogP contribution in [0.5, 0.6) is 5.75 Å². The summed E-state index contributed by atoms with van der Waals surface area (Å²) in [5.74, 6) is 2.28. The van der Waals surface area contributed by atoms with Crippen molar-refractivity contribution in [3.63, 3.8) is 0 Å². The Morgan fingerprint density at radius 2 is 2.42 bits per heavy atom. The molecule has 4 N–H and O–H groups in total. The van der Waals surface area contributed by atoms with E-state index in [2.05, 4.69) is 16.6 Å². The van der Waals surface area contributed by atoms with Crippen molar-refractivity contribution in [2.24, 2.45) is 5.73 Å². The van der Waals surface area contributed by atoms with Crippen LogP contribution in [-0.4, -0.2) is 24.5 Å². The highest BCUT2D eigenvalue weighted by Crippen LogP contribution is 2.30. The van der Waals surface area contributed by atoms with Gasteiger partial charge in [-0.3, -0.25) is 9.59 Å².